The van der Waals surface area contributed by atoms with Crippen LogP contribution in [0.25, 0.3) is 11.5 Å². The Labute approximate surface area is 203 Å². The normalized spacial score (nSPS) is 18.9. The fourth-order valence-corrected chi connectivity index (χ4v) is 4.81. The van der Waals surface area contributed by atoms with Crippen molar-refractivity contribution in [1.82, 2.24) is 25.0 Å². The molecule has 9 nitrogen and oxygen atoms in total. The Hall–Kier alpha value is -3.53. The highest BCUT2D eigenvalue weighted by atomic mass is 19.1. The lowest BCUT2D eigenvalue weighted by molar-refractivity contribution is -0.149. The Bertz CT molecular complexity index is 1140. The van der Waals surface area contributed by atoms with Gasteiger partial charge in [0.2, 0.25) is 6.39 Å². The Morgan fingerprint density at radius 2 is 1.94 bits per heavy atom. The smallest absolute Gasteiger partial charge is 0.260 e. The fraction of sp³-hybridized carbons (Fsp3) is 0.440. The average molecular weight is 481 g/mol. The predicted molar refractivity (Wildman–Crippen MR) is 127 cm³/mol. The number of hydrogen-bond acceptors (Lipinski definition) is 8. The van der Waals surface area contributed by atoms with Gasteiger partial charge in [0.05, 0.1) is 5.56 Å². The number of benzene rings is 1. The van der Waals surface area contributed by atoms with Crippen LogP contribution < -0.4 is 10.5 Å². The molecule has 2 fully saturated rings. The lowest BCUT2D eigenvalue weighted by atomic mass is 9.90. The number of ether oxygens (including phenoxy) is 1. The maximum absolute atomic E-state index is 15.7. The summed E-state index contributed by atoms with van der Waals surface area (Å²) in [4.78, 5) is 20.9. The highest BCUT2D eigenvalue weighted by Gasteiger charge is 2.44. The number of pyridine rings is 1. The molecule has 0 atom stereocenters. The van der Waals surface area contributed by atoms with Crippen LogP contribution in [0.4, 0.5) is 10.2 Å². The maximum Gasteiger partial charge on any atom is 0.260 e. The summed E-state index contributed by atoms with van der Waals surface area (Å²) in [6, 6.07) is 11.2. The first-order valence-corrected chi connectivity index (χ1v) is 11.9. The number of para-hydroxylation sites is 1. The molecule has 35 heavy (non-hydrogen) atoms. The summed E-state index contributed by atoms with van der Waals surface area (Å²) < 4.78 is 27.2. The van der Waals surface area contributed by atoms with E-state index < -0.39 is 11.6 Å². The van der Waals surface area contributed by atoms with Crippen LogP contribution in [0.5, 0.6) is 5.75 Å². The molecule has 5 rings (SSSR count). The molecule has 0 aliphatic carbocycles. The van der Waals surface area contributed by atoms with Gasteiger partial charge in [-0.2, -0.15) is 0 Å². The molecule has 2 aromatic heterocycles. The Morgan fingerprint density at radius 1 is 1.17 bits per heavy atom. The van der Waals surface area contributed by atoms with E-state index in [0.717, 1.165) is 11.1 Å². The van der Waals surface area contributed by atoms with Crippen LogP contribution in [0.2, 0.25) is 0 Å². The monoisotopic (exact) mass is 480 g/mol. The van der Waals surface area contributed by atoms with Gasteiger partial charge in [0.15, 0.2) is 5.67 Å². The lowest BCUT2D eigenvalue weighted by Crippen LogP contribution is -2.54. The first-order valence-electron chi connectivity index (χ1n) is 11.9. The van der Waals surface area contributed by atoms with Gasteiger partial charge in [0, 0.05) is 64.6 Å². The highest BCUT2D eigenvalue weighted by molar-refractivity contribution is 5.85. The number of anilines is 1. The number of amides is 1. The predicted octanol–water partition coefficient (Wildman–Crippen LogP) is 3.09. The first-order chi connectivity index (χ1) is 17.0. The van der Waals surface area contributed by atoms with Gasteiger partial charge in [0.1, 0.15) is 17.7 Å². The third-order valence-corrected chi connectivity index (χ3v) is 6.78. The summed E-state index contributed by atoms with van der Waals surface area (Å²) in [5.41, 5.74) is 5.71. The van der Waals surface area contributed by atoms with Crippen LogP contribution in [0.1, 0.15) is 31.2 Å². The van der Waals surface area contributed by atoms with Crippen LogP contribution in [0, 0.1) is 0 Å². The van der Waals surface area contributed by atoms with Gasteiger partial charge in [-0.1, -0.05) is 12.1 Å². The van der Waals surface area contributed by atoms with E-state index in [1.165, 1.54) is 6.39 Å². The van der Waals surface area contributed by atoms with E-state index in [1.54, 1.807) is 11.1 Å². The fourth-order valence-electron chi connectivity index (χ4n) is 4.81. The van der Waals surface area contributed by atoms with Gasteiger partial charge in [-0.3, -0.25) is 9.69 Å². The van der Waals surface area contributed by atoms with Gasteiger partial charge in [-0.05, 0) is 29.8 Å². The maximum atomic E-state index is 15.7. The molecule has 2 aliphatic heterocycles. The largest absolute Gasteiger partial charge is 0.489 e. The van der Waals surface area contributed by atoms with Crippen LogP contribution in [-0.2, 0) is 11.3 Å². The molecule has 0 radical (unpaired) electrons. The molecule has 184 valence electrons. The summed E-state index contributed by atoms with van der Waals surface area (Å²) in [6.07, 6.45) is 4.54. The minimum atomic E-state index is -1.81. The summed E-state index contributed by atoms with van der Waals surface area (Å²) in [7, 11) is 0. The number of piperidine rings is 2. The second-order valence-corrected chi connectivity index (χ2v) is 9.18. The number of likely N-dealkylation sites (tertiary alicyclic amines) is 2. The second kappa shape index (κ2) is 9.99. The Balaban J connectivity index is 1.13. The third kappa shape index (κ3) is 5.27. The lowest BCUT2D eigenvalue weighted by Gasteiger charge is -2.40. The number of alkyl halides is 1. The molecule has 0 bridgehead atoms. The minimum absolute atomic E-state index is 0.0756. The molecule has 0 unspecified atom stereocenters. The van der Waals surface area contributed by atoms with E-state index >= 15 is 4.39 Å². The van der Waals surface area contributed by atoms with Gasteiger partial charge in [-0.25, -0.2) is 9.37 Å². The summed E-state index contributed by atoms with van der Waals surface area (Å²) in [5.74, 6) is 1.13. The highest BCUT2D eigenvalue weighted by Crippen LogP contribution is 2.33. The molecule has 2 saturated heterocycles. The minimum Gasteiger partial charge on any atom is -0.489 e. The molecule has 1 amide bonds. The van der Waals surface area contributed by atoms with Crippen LogP contribution in [0.15, 0.2) is 53.4 Å². The number of rotatable bonds is 6. The van der Waals surface area contributed by atoms with Gasteiger partial charge in [0.25, 0.3) is 11.8 Å². The molecule has 0 saturated carbocycles. The number of carbonyl (C=O) groups is 1. The van der Waals surface area contributed by atoms with Crippen molar-refractivity contribution in [3.05, 3.63) is 54.6 Å². The number of halogens is 1. The van der Waals surface area contributed by atoms with Crippen molar-refractivity contribution in [1.29, 1.82) is 0 Å². The van der Waals surface area contributed by atoms with Crippen LogP contribution >= 0.6 is 0 Å². The van der Waals surface area contributed by atoms with Gasteiger partial charge >= 0.3 is 0 Å². The molecule has 2 N–H and O–H groups in total. The number of nitrogens with zero attached hydrogens (tertiary/aromatic N) is 5. The molecule has 0 spiro atoms. The summed E-state index contributed by atoms with van der Waals surface area (Å²) >= 11 is 0. The zero-order valence-electron chi connectivity index (χ0n) is 19.5. The quantitative estimate of drug-likeness (QED) is 0.573. The van der Waals surface area contributed by atoms with Gasteiger partial charge < -0.3 is 19.8 Å². The summed E-state index contributed by atoms with van der Waals surface area (Å²) in [6.45, 7) is 2.66. The number of nitrogen functional groups attached to an aromatic ring is 1. The Morgan fingerprint density at radius 3 is 2.66 bits per heavy atom. The van der Waals surface area contributed by atoms with Crippen molar-refractivity contribution in [3.8, 4) is 17.2 Å². The molecular weight excluding hydrogens is 451 g/mol. The number of aromatic nitrogens is 3. The van der Waals surface area contributed by atoms with E-state index in [4.69, 9.17) is 14.9 Å². The average Bonchev–Trinajstić information content (AvgIpc) is 3.41. The van der Waals surface area contributed by atoms with E-state index in [1.807, 2.05) is 36.4 Å². The number of carbonyl (C=O) groups excluding carboxylic acids is 1. The van der Waals surface area contributed by atoms with E-state index in [9.17, 15) is 4.79 Å². The molecule has 2 aliphatic rings. The van der Waals surface area contributed by atoms with E-state index in [-0.39, 0.29) is 18.9 Å². The Kier molecular flexibility index (Phi) is 6.63. The molecule has 1 aromatic carbocycles. The summed E-state index contributed by atoms with van der Waals surface area (Å²) in [5, 5.41) is 7.70. The first kappa shape index (κ1) is 23.2. The zero-order valence-corrected chi connectivity index (χ0v) is 19.5. The standard InChI is InChI=1S/C25H29FN6O3/c26-25(8-13-31(14-9-25)16-18-5-10-28-22(27)15-18)24(33)32-11-6-19(7-12-32)35-21-4-2-1-3-20(21)23-30-29-17-34-23/h1-5,10,15,17,19H,6-9,11-14,16H2,(H2,27,28). The SMILES string of the molecule is Nc1cc(CN2CCC(F)(C(=O)N3CCC(Oc4ccccc4-c4nnco4)CC3)CC2)ccn1. The second-order valence-electron chi connectivity index (χ2n) is 9.18. The van der Waals surface area contributed by atoms with Crippen LogP contribution in [-0.4, -0.2) is 68.8 Å². The van der Waals surface area contributed by atoms with E-state index in [2.05, 4.69) is 20.1 Å². The van der Waals surface area contributed by atoms with Crippen molar-refractivity contribution in [2.24, 2.45) is 0 Å². The van der Waals surface area contributed by atoms with Crippen molar-refractivity contribution >= 4 is 11.7 Å². The van der Waals surface area contributed by atoms with Crippen molar-refractivity contribution < 1.29 is 18.3 Å². The van der Waals surface area contributed by atoms with E-state index in [0.29, 0.717) is 63.0 Å². The van der Waals surface area contributed by atoms with Crippen molar-refractivity contribution in [2.75, 3.05) is 31.9 Å². The number of nitrogens with two attached hydrogens (primary N) is 1. The molecular formula is C25H29FN6O3. The van der Waals surface area contributed by atoms with Gasteiger partial charge in [-0.15, -0.1) is 10.2 Å². The zero-order chi connectivity index (χ0) is 24.3. The molecule has 4 heterocycles. The van der Waals surface area contributed by atoms with Crippen molar-refractivity contribution in [2.45, 2.75) is 44.0 Å². The molecule has 10 heteroatoms. The van der Waals surface area contributed by atoms with Crippen LogP contribution in [0.3, 0.4) is 0 Å². The third-order valence-electron chi connectivity index (χ3n) is 6.78. The number of hydrogen-bond donors (Lipinski definition) is 1. The molecule has 3 aromatic rings. The van der Waals surface area contributed by atoms with Crippen molar-refractivity contribution in [3.63, 3.8) is 0 Å². The topological polar surface area (TPSA) is 111 Å².